The third-order valence-electron chi connectivity index (χ3n) is 3.62. The molecule has 0 aliphatic heterocycles. The van der Waals surface area contributed by atoms with E-state index in [2.05, 4.69) is 20.9 Å². The molecule has 0 aromatic carbocycles. The summed E-state index contributed by atoms with van der Waals surface area (Å²) in [5.41, 5.74) is 10.4. The minimum absolute atomic E-state index is 0.0593. The number of aliphatic hydroxyl groups is 1. The number of carbonyl (C=O) groups is 7. The molecule has 0 saturated carbocycles. The van der Waals surface area contributed by atoms with Crippen molar-refractivity contribution in [1.82, 2.24) is 21.3 Å². The van der Waals surface area contributed by atoms with Crippen LogP contribution in [0.3, 0.4) is 0 Å². The highest BCUT2D eigenvalue weighted by molar-refractivity contribution is 5.99. The van der Waals surface area contributed by atoms with Gasteiger partial charge < -0.3 is 53.2 Å². The number of nitrogens with zero attached hydrogens (tertiary/aromatic N) is 1. The van der Waals surface area contributed by atoms with Crippen LogP contribution in [0.4, 0.5) is 0 Å². The van der Waals surface area contributed by atoms with Gasteiger partial charge in [-0.3, -0.25) is 33.8 Å². The van der Waals surface area contributed by atoms with Gasteiger partial charge in [-0.1, -0.05) is 0 Å². The minimum atomic E-state index is -1.54. The van der Waals surface area contributed by atoms with Crippen molar-refractivity contribution in [3.63, 3.8) is 0 Å². The summed E-state index contributed by atoms with van der Waals surface area (Å²) >= 11 is 0. The summed E-state index contributed by atoms with van der Waals surface area (Å²) in [6.07, 6.45) is 1.86. The number of aliphatic imine (C=N–C) groups is 1. The van der Waals surface area contributed by atoms with Crippen molar-refractivity contribution in [2.45, 2.75) is 31.8 Å². The van der Waals surface area contributed by atoms with Crippen LogP contribution in [-0.2, 0) is 33.6 Å². The van der Waals surface area contributed by atoms with Crippen LogP contribution in [-0.4, -0.2) is 106 Å². The summed E-state index contributed by atoms with van der Waals surface area (Å²) in [4.78, 5) is 81.4. The van der Waals surface area contributed by atoms with E-state index in [1.807, 2.05) is 5.32 Å². The van der Waals surface area contributed by atoms with Crippen molar-refractivity contribution < 1.29 is 54.0 Å². The number of nitrogens with one attached hydrogen (secondary N) is 4. The summed E-state index contributed by atoms with van der Waals surface area (Å²) in [5.74, 6) is -7.16. The number of guanidine groups is 1. The van der Waals surface area contributed by atoms with Gasteiger partial charge >= 0.3 is 11.9 Å². The first kappa shape index (κ1) is 34.4. The normalized spacial score (nSPS) is 11.5. The van der Waals surface area contributed by atoms with E-state index < -0.39 is 73.3 Å². The van der Waals surface area contributed by atoms with Gasteiger partial charge in [0.25, 0.3) is 5.97 Å². The van der Waals surface area contributed by atoms with E-state index in [0.29, 0.717) is 0 Å². The van der Waals surface area contributed by atoms with Crippen LogP contribution in [0.2, 0.25) is 0 Å². The van der Waals surface area contributed by atoms with Crippen molar-refractivity contribution in [2.75, 3.05) is 26.2 Å². The van der Waals surface area contributed by atoms with E-state index in [9.17, 15) is 28.8 Å². The quantitative estimate of drug-likeness (QED) is 0.0408. The molecule has 37 heavy (non-hydrogen) atoms. The SMILES string of the molecule is CC(=O)O.NC(N)=NCCCC(NC(=O)/C=C\C(=O)NCC(=O)NC(CO)C(=O)O)C(=O)NCC(=O)O. The number of aliphatic hydroxyl groups excluding tert-OH is 1. The Morgan fingerprint density at radius 3 is 1.92 bits per heavy atom. The third kappa shape index (κ3) is 21.5. The van der Waals surface area contributed by atoms with E-state index in [4.69, 9.17) is 36.7 Å². The zero-order chi connectivity index (χ0) is 29.0. The molecule has 208 valence electrons. The standard InChI is InChI=1S/C17H27N7O9.C2H4O2/c18-17(19)20-5-1-2-9(15(31)22-7-14(29)30)23-12(27)4-3-11(26)21-6-13(28)24-10(8-25)16(32)33;1-2(3)4/h3-4,9-10,25H,1-2,5-8H2,(H,21,26)(H,22,31)(H,23,27)(H,24,28)(H,29,30)(H,32,33)(H4,18,19,20);1H3,(H,3,4)/b4-3-;. The van der Waals surface area contributed by atoms with E-state index in [1.54, 1.807) is 0 Å². The molecule has 0 spiro atoms. The Labute approximate surface area is 210 Å². The Balaban J connectivity index is 0. The van der Waals surface area contributed by atoms with Gasteiger partial charge in [0, 0.05) is 25.6 Å². The lowest BCUT2D eigenvalue weighted by Gasteiger charge is -2.16. The van der Waals surface area contributed by atoms with Gasteiger partial charge in [-0.15, -0.1) is 0 Å². The Kier molecular flexibility index (Phi) is 18.2. The predicted octanol–water partition coefficient (Wildman–Crippen LogP) is -4.95. The Bertz CT molecular complexity index is 882. The zero-order valence-corrected chi connectivity index (χ0v) is 19.8. The topological polar surface area (TPSA) is 313 Å². The number of rotatable bonds is 15. The third-order valence-corrected chi connectivity index (χ3v) is 3.62. The number of aliphatic carboxylic acids is 3. The maximum atomic E-state index is 12.1. The highest BCUT2D eigenvalue weighted by atomic mass is 16.4. The van der Waals surface area contributed by atoms with Gasteiger partial charge in [0.05, 0.1) is 13.2 Å². The lowest BCUT2D eigenvalue weighted by molar-refractivity contribution is -0.142. The average Bonchev–Trinajstić information content (AvgIpc) is 2.79. The second kappa shape index (κ2) is 19.6. The molecule has 0 aliphatic rings. The van der Waals surface area contributed by atoms with E-state index in [1.165, 1.54) is 0 Å². The van der Waals surface area contributed by atoms with Crippen molar-refractivity contribution in [3.05, 3.63) is 12.2 Å². The highest BCUT2D eigenvalue weighted by Gasteiger charge is 2.21. The molecular weight excluding hydrogens is 502 g/mol. The summed E-state index contributed by atoms with van der Waals surface area (Å²) in [6, 6.07) is -2.68. The second-order valence-corrected chi connectivity index (χ2v) is 6.83. The molecule has 2 atom stereocenters. The van der Waals surface area contributed by atoms with Gasteiger partial charge in [-0.2, -0.15) is 0 Å². The fraction of sp³-hybridized carbons (Fsp3) is 0.474. The van der Waals surface area contributed by atoms with Gasteiger partial charge in [0.1, 0.15) is 18.6 Å². The largest absolute Gasteiger partial charge is 0.481 e. The van der Waals surface area contributed by atoms with Crippen LogP contribution in [0.1, 0.15) is 19.8 Å². The lowest BCUT2D eigenvalue weighted by Crippen LogP contribution is -2.47. The predicted molar refractivity (Wildman–Crippen MR) is 125 cm³/mol. The molecule has 0 saturated heterocycles. The Morgan fingerprint density at radius 2 is 1.43 bits per heavy atom. The van der Waals surface area contributed by atoms with Crippen molar-refractivity contribution in [1.29, 1.82) is 0 Å². The van der Waals surface area contributed by atoms with E-state index in [0.717, 1.165) is 19.1 Å². The molecule has 4 amide bonds. The first-order valence-corrected chi connectivity index (χ1v) is 10.3. The molecule has 18 heteroatoms. The van der Waals surface area contributed by atoms with Crippen LogP contribution < -0.4 is 32.7 Å². The Hall–Kier alpha value is -4.74. The number of nitrogens with two attached hydrogens (primary N) is 2. The molecule has 0 fully saturated rings. The molecule has 18 nitrogen and oxygen atoms in total. The number of amides is 4. The van der Waals surface area contributed by atoms with Gasteiger partial charge in [0.2, 0.25) is 23.6 Å². The van der Waals surface area contributed by atoms with Crippen LogP contribution in [0.25, 0.3) is 0 Å². The number of carbonyl (C=O) groups excluding carboxylic acids is 4. The van der Waals surface area contributed by atoms with Gasteiger partial charge in [-0.25, -0.2) is 4.79 Å². The fourth-order valence-corrected chi connectivity index (χ4v) is 2.09. The molecule has 0 rings (SSSR count). The van der Waals surface area contributed by atoms with Crippen molar-refractivity contribution in [3.8, 4) is 0 Å². The number of carboxylic acid groups (broad SMARTS) is 3. The Morgan fingerprint density at radius 1 is 0.865 bits per heavy atom. The maximum absolute atomic E-state index is 12.1. The summed E-state index contributed by atoms with van der Waals surface area (Å²) in [5, 5.41) is 42.1. The van der Waals surface area contributed by atoms with Crippen LogP contribution >= 0.6 is 0 Å². The van der Waals surface area contributed by atoms with Crippen LogP contribution in [0.5, 0.6) is 0 Å². The second-order valence-electron chi connectivity index (χ2n) is 6.83. The van der Waals surface area contributed by atoms with Crippen molar-refractivity contribution >= 4 is 47.5 Å². The number of hydrogen-bond donors (Lipinski definition) is 10. The monoisotopic (exact) mass is 533 g/mol. The van der Waals surface area contributed by atoms with Gasteiger partial charge in [-0.05, 0) is 12.8 Å². The average molecular weight is 533 g/mol. The first-order valence-electron chi connectivity index (χ1n) is 10.3. The van der Waals surface area contributed by atoms with E-state index >= 15 is 0 Å². The smallest absolute Gasteiger partial charge is 0.328 e. The summed E-state index contributed by atoms with van der Waals surface area (Å²) < 4.78 is 0. The van der Waals surface area contributed by atoms with E-state index in [-0.39, 0.29) is 25.3 Å². The molecule has 0 radical (unpaired) electrons. The molecule has 0 aromatic rings. The summed E-state index contributed by atoms with van der Waals surface area (Å²) in [7, 11) is 0. The minimum Gasteiger partial charge on any atom is -0.481 e. The summed E-state index contributed by atoms with van der Waals surface area (Å²) in [6.45, 7) is -0.902. The van der Waals surface area contributed by atoms with Crippen molar-refractivity contribution in [2.24, 2.45) is 16.5 Å². The number of hydrogen-bond acceptors (Lipinski definition) is 9. The molecule has 0 aromatic heterocycles. The molecule has 0 heterocycles. The molecule has 2 unspecified atom stereocenters. The molecule has 0 bridgehead atoms. The fourth-order valence-electron chi connectivity index (χ4n) is 2.09. The zero-order valence-electron chi connectivity index (χ0n) is 19.8. The first-order chi connectivity index (χ1) is 17.2. The molecule has 12 N–H and O–H groups in total. The molecular formula is C19H31N7O11. The van der Waals surface area contributed by atoms with Gasteiger partial charge in [0.15, 0.2) is 5.96 Å². The highest BCUT2D eigenvalue weighted by Crippen LogP contribution is 1.99. The number of carboxylic acids is 3. The molecule has 0 aliphatic carbocycles. The maximum Gasteiger partial charge on any atom is 0.328 e. The van der Waals surface area contributed by atoms with Crippen LogP contribution in [0, 0.1) is 0 Å². The lowest BCUT2D eigenvalue weighted by atomic mass is 10.1. The van der Waals surface area contributed by atoms with Crippen LogP contribution in [0.15, 0.2) is 17.1 Å².